The Hall–Kier alpha value is -4.05. The first-order valence-corrected chi connectivity index (χ1v) is 15.5. The molecule has 2 atom stereocenters. The average molecular weight is 596 g/mol. The third kappa shape index (κ3) is 8.03. The van der Waals surface area contributed by atoms with Crippen molar-refractivity contribution in [2.45, 2.75) is 57.0 Å². The number of anilines is 1. The van der Waals surface area contributed by atoms with Gasteiger partial charge in [0.25, 0.3) is 10.0 Å². The van der Waals surface area contributed by atoms with Crippen LogP contribution in [0.15, 0.2) is 83.8 Å². The number of sulfonamides is 1. The smallest absolute Gasteiger partial charge is 0.264 e. The van der Waals surface area contributed by atoms with E-state index in [1.54, 1.807) is 36.4 Å². The van der Waals surface area contributed by atoms with E-state index in [4.69, 9.17) is 9.47 Å². The minimum atomic E-state index is -4.23. The molecule has 3 aromatic carbocycles. The Bertz CT molecular complexity index is 1410. The molecule has 0 saturated carbocycles. The van der Waals surface area contributed by atoms with Gasteiger partial charge in [-0.15, -0.1) is 0 Å². The van der Waals surface area contributed by atoms with Crippen LogP contribution in [-0.2, 0) is 26.0 Å². The van der Waals surface area contributed by atoms with Gasteiger partial charge in [-0.2, -0.15) is 0 Å². The Morgan fingerprint density at radius 1 is 0.857 bits per heavy atom. The minimum absolute atomic E-state index is 0.0144. The normalized spacial score (nSPS) is 12.6. The van der Waals surface area contributed by atoms with Gasteiger partial charge in [0.05, 0.1) is 24.8 Å². The Balaban J connectivity index is 2.05. The van der Waals surface area contributed by atoms with Gasteiger partial charge in [0.15, 0.2) is 0 Å². The largest absolute Gasteiger partial charge is 0.497 e. The van der Waals surface area contributed by atoms with Gasteiger partial charge in [0, 0.05) is 12.6 Å². The van der Waals surface area contributed by atoms with Crippen LogP contribution in [0.4, 0.5) is 5.69 Å². The molecule has 0 heterocycles. The van der Waals surface area contributed by atoms with Crippen molar-refractivity contribution in [3.63, 3.8) is 0 Å². The summed E-state index contributed by atoms with van der Waals surface area (Å²) in [5.41, 5.74) is 1.21. The number of amides is 2. The quantitative estimate of drug-likeness (QED) is 0.274. The lowest BCUT2D eigenvalue weighted by molar-refractivity contribution is -0.139. The number of carbonyl (C=O) groups is 2. The van der Waals surface area contributed by atoms with Crippen molar-refractivity contribution in [2.24, 2.45) is 0 Å². The van der Waals surface area contributed by atoms with E-state index in [-0.39, 0.29) is 29.1 Å². The highest BCUT2D eigenvalue weighted by atomic mass is 32.2. The van der Waals surface area contributed by atoms with E-state index in [9.17, 15) is 18.0 Å². The lowest BCUT2D eigenvalue weighted by Gasteiger charge is -2.34. The molecule has 9 nitrogen and oxygen atoms in total. The monoisotopic (exact) mass is 595 g/mol. The zero-order valence-corrected chi connectivity index (χ0v) is 25.8. The molecule has 0 bridgehead atoms. The van der Waals surface area contributed by atoms with Gasteiger partial charge < -0.3 is 19.7 Å². The van der Waals surface area contributed by atoms with Gasteiger partial charge in [0.2, 0.25) is 11.8 Å². The first-order valence-electron chi connectivity index (χ1n) is 14.1. The predicted octanol–water partition coefficient (Wildman–Crippen LogP) is 4.66. The van der Waals surface area contributed by atoms with Crippen LogP contribution in [0.3, 0.4) is 0 Å². The molecule has 3 rings (SSSR count). The van der Waals surface area contributed by atoms with Crippen molar-refractivity contribution in [3.8, 4) is 11.5 Å². The number of rotatable bonds is 15. The summed E-state index contributed by atoms with van der Waals surface area (Å²) in [6, 6.07) is 21.4. The number of ether oxygens (including phenoxy) is 2. The molecule has 226 valence electrons. The number of nitrogens with one attached hydrogen (secondary N) is 1. The second-order valence-corrected chi connectivity index (χ2v) is 11.8. The fourth-order valence-electron chi connectivity index (χ4n) is 4.56. The fourth-order valence-corrected chi connectivity index (χ4v) is 5.99. The van der Waals surface area contributed by atoms with Gasteiger partial charge in [-0.3, -0.25) is 13.9 Å². The summed E-state index contributed by atoms with van der Waals surface area (Å²) < 4.78 is 39.9. The van der Waals surface area contributed by atoms with Gasteiger partial charge in [-0.25, -0.2) is 8.42 Å². The van der Waals surface area contributed by atoms with Crippen molar-refractivity contribution in [1.82, 2.24) is 10.2 Å². The van der Waals surface area contributed by atoms with Crippen molar-refractivity contribution in [3.05, 3.63) is 84.4 Å². The second-order valence-electron chi connectivity index (χ2n) is 9.92. The molecule has 0 spiro atoms. The van der Waals surface area contributed by atoms with Crippen molar-refractivity contribution < 1.29 is 27.5 Å². The van der Waals surface area contributed by atoms with Crippen LogP contribution in [0.5, 0.6) is 11.5 Å². The first kappa shape index (κ1) is 32.5. The van der Waals surface area contributed by atoms with E-state index in [0.717, 1.165) is 16.3 Å². The number of methoxy groups -OCH3 is 2. The molecule has 42 heavy (non-hydrogen) atoms. The van der Waals surface area contributed by atoms with Crippen molar-refractivity contribution >= 4 is 27.5 Å². The lowest BCUT2D eigenvalue weighted by Crippen LogP contribution is -2.54. The summed E-state index contributed by atoms with van der Waals surface area (Å²) in [6.07, 6.45) is 1.60. The van der Waals surface area contributed by atoms with Crippen LogP contribution < -0.4 is 19.1 Å². The SMILES string of the molecule is CC[C@H](C)NC(=O)[C@H](CC)N(CCc1ccccc1)C(=O)CN(c1ccccc1OC)S(=O)(=O)c1ccc(OC)cc1. The highest BCUT2D eigenvalue weighted by molar-refractivity contribution is 7.92. The van der Waals surface area contributed by atoms with E-state index >= 15 is 0 Å². The Kier molecular flexibility index (Phi) is 11.8. The summed E-state index contributed by atoms with van der Waals surface area (Å²) in [5.74, 6) is 0.0223. The first-order chi connectivity index (χ1) is 20.2. The number of para-hydroxylation sites is 2. The average Bonchev–Trinajstić information content (AvgIpc) is 3.01. The fraction of sp³-hybridized carbons (Fsp3) is 0.375. The third-order valence-corrected chi connectivity index (χ3v) is 8.93. The van der Waals surface area contributed by atoms with Crippen LogP contribution in [0.25, 0.3) is 0 Å². The Labute approximate surface area is 249 Å². The topological polar surface area (TPSA) is 105 Å². The van der Waals surface area contributed by atoms with Crippen LogP contribution in [-0.4, -0.2) is 64.5 Å². The van der Waals surface area contributed by atoms with Crippen molar-refractivity contribution in [1.29, 1.82) is 0 Å². The Morgan fingerprint density at radius 2 is 1.50 bits per heavy atom. The molecular formula is C32H41N3O6S. The van der Waals surface area contributed by atoms with Crippen LogP contribution in [0.1, 0.15) is 39.2 Å². The molecule has 0 aliphatic carbocycles. The van der Waals surface area contributed by atoms with E-state index in [1.807, 2.05) is 51.1 Å². The number of nitrogens with zero attached hydrogens (tertiary/aromatic N) is 2. The molecule has 0 saturated heterocycles. The molecule has 0 aromatic heterocycles. The molecule has 0 fully saturated rings. The molecule has 2 amide bonds. The highest BCUT2D eigenvalue weighted by Gasteiger charge is 2.34. The lowest BCUT2D eigenvalue weighted by atomic mass is 10.1. The zero-order valence-electron chi connectivity index (χ0n) is 24.9. The van der Waals surface area contributed by atoms with Crippen LogP contribution >= 0.6 is 0 Å². The molecule has 0 aliphatic heterocycles. The maximum atomic E-state index is 14.2. The summed E-state index contributed by atoms with van der Waals surface area (Å²) in [4.78, 5) is 29.0. The maximum absolute atomic E-state index is 14.2. The molecule has 10 heteroatoms. The maximum Gasteiger partial charge on any atom is 0.264 e. The highest BCUT2D eigenvalue weighted by Crippen LogP contribution is 2.33. The number of hydrogen-bond donors (Lipinski definition) is 1. The van der Waals surface area contributed by atoms with Gasteiger partial charge in [0.1, 0.15) is 24.1 Å². The second kappa shape index (κ2) is 15.3. The summed E-state index contributed by atoms with van der Waals surface area (Å²) in [6.45, 7) is 5.43. The Morgan fingerprint density at radius 3 is 2.10 bits per heavy atom. The molecule has 3 aromatic rings. The van der Waals surface area contributed by atoms with Gasteiger partial charge in [-0.05, 0) is 68.1 Å². The summed E-state index contributed by atoms with van der Waals surface area (Å²) >= 11 is 0. The number of carbonyl (C=O) groups excluding carboxylic acids is 2. The molecule has 0 unspecified atom stereocenters. The van der Waals surface area contributed by atoms with Gasteiger partial charge >= 0.3 is 0 Å². The van der Waals surface area contributed by atoms with E-state index < -0.39 is 28.5 Å². The van der Waals surface area contributed by atoms with Gasteiger partial charge in [-0.1, -0.05) is 56.3 Å². The van der Waals surface area contributed by atoms with E-state index in [0.29, 0.717) is 24.3 Å². The summed E-state index contributed by atoms with van der Waals surface area (Å²) in [5, 5.41) is 2.99. The standard InChI is InChI=1S/C32H41N3O6S/c1-6-24(3)33-32(37)28(7-2)34(22-21-25-13-9-8-10-14-25)31(36)23-35(29-15-11-12-16-30(29)41-5)42(38,39)27-19-17-26(40-4)18-20-27/h8-20,24,28H,6-7,21-23H2,1-5H3,(H,33,37)/t24-,28-/m0/s1. The molecule has 0 radical (unpaired) electrons. The molecule has 1 N–H and O–H groups in total. The minimum Gasteiger partial charge on any atom is -0.497 e. The van der Waals surface area contributed by atoms with Crippen molar-refractivity contribution in [2.75, 3.05) is 31.6 Å². The van der Waals surface area contributed by atoms with Crippen LogP contribution in [0.2, 0.25) is 0 Å². The van der Waals surface area contributed by atoms with E-state index in [1.165, 1.54) is 31.3 Å². The third-order valence-electron chi connectivity index (χ3n) is 7.15. The molecule has 0 aliphatic rings. The summed E-state index contributed by atoms with van der Waals surface area (Å²) in [7, 11) is -1.30. The molecular weight excluding hydrogens is 554 g/mol. The zero-order chi connectivity index (χ0) is 30.7. The number of benzene rings is 3. The number of hydrogen-bond acceptors (Lipinski definition) is 6. The predicted molar refractivity (Wildman–Crippen MR) is 164 cm³/mol. The van der Waals surface area contributed by atoms with E-state index in [2.05, 4.69) is 5.32 Å². The van der Waals surface area contributed by atoms with Crippen LogP contribution in [0, 0.1) is 0 Å².